The lowest BCUT2D eigenvalue weighted by molar-refractivity contribution is 0.403. The molecule has 1 aromatic heterocycles. The van der Waals surface area contributed by atoms with E-state index in [-0.39, 0.29) is 6.04 Å². The van der Waals surface area contributed by atoms with Crippen molar-refractivity contribution in [2.24, 2.45) is 5.92 Å². The van der Waals surface area contributed by atoms with Crippen molar-refractivity contribution < 1.29 is 9.47 Å². The Morgan fingerprint density at radius 1 is 1.10 bits per heavy atom. The van der Waals surface area contributed by atoms with E-state index in [9.17, 15) is 0 Å². The van der Waals surface area contributed by atoms with Crippen molar-refractivity contribution in [2.45, 2.75) is 19.9 Å². The maximum absolute atomic E-state index is 5.43. The number of anilines is 1. The summed E-state index contributed by atoms with van der Waals surface area (Å²) in [5, 5.41) is 5.69. The van der Waals surface area contributed by atoms with Gasteiger partial charge in [-0.3, -0.25) is 0 Å². The number of ether oxygens (including phenoxy) is 2. The molecular weight excluding hydrogens is 270 g/mol. The van der Waals surface area contributed by atoms with Crippen LogP contribution in [0.1, 0.15) is 24.8 Å². The van der Waals surface area contributed by atoms with Gasteiger partial charge in [-0.05, 0) is 29.5 Å². The maximum atomic E-state index is 5.43. The van der Waals surface area contributed by atoms with Gasteiger partial charge in [0.2, 0.25) is 0 Å². The minimum Gasteiger partial charge on any atom is -0.497 e. The molecule has 1 N–H and O–H groups in total. The van der Waals surface area contributed by atoms with Gasteiger partial charge < -0.3 is 14.8 Å². The third-order valence-electron chi connectivity index (χ3n) is 3.23. The molecule has 2 rings (SSSR count). The molecule has 3 nitrogen and oxygen atoms in total. The molecule has 1 aromatic carbocycles. The van der Waals surface area contributed by atoms with E-state index in [0.717, 1.165) is 17.2 Å². The summed E-state index contributed by atoms with van der Waals surface area (Å²) < 4.78 is 10.7. The first-order chi connectivity index (χ1) is 9.65. The van der Waals surface area contributed by atoms with Crippen LogP contribution in [0.15, 0.2) is 35.7 Å². The van der Waals surface area contributed by atoms with Crippen LogP contribution >= 0.6 is 11.3 Å². The number of methoxy groups -OCH3 is 2. The Bertz CT molecular complexity index is 537. The standard InChI is InChI=1S/C16H21NO2S/c1-11(2)16(15-6-5-9-20-15)17-13-10-12(18-3)7-8-14(13)19-4/h5-11,16-17H,1-4H3. The molecule has 0 aliphatic rings. The van der Waals surface area contributed by atoms with Gasteiger partial charge in [-0.25, -0.2) is 0 Å². The van der Waals surface area contributed by atoms with Gasteiger partial charge in [0, 0.05) is 10.9 Å². The third-order valence-corrected chi connectivity index (χ3v) is 4.19. The Hall–Kier alpha value is -1.68. The monoisotopic (exact) mass is 291 g/mol. The Balaban J connectivity index is 2.30. The van der Waals surface area contributed by atoms with E-state index >= 15 is 0 Å². The second kappa shape index (κ2) is 6.66. The second-order valence-corrected chi connectivity index (χ2v) is 5.93. The summed E-state index contributed by atoms with van der Waals surface area (Å²) in [6.45, 7) is 4.42. The van der Waals surface area contributed by atoms with Crippen LogP contribution in [0.25, 0.3) is 0 Å². The largest absolute Gasteiger partial charge is 0.497 e. The predicted molar refractivity (Wildman–Crippen MR) is 85.1 cm³/mol. The van der Waals surface area contributed by atoms with Crippen molar-refractivity contribution in [3.63, 3.8) is 0 Å². The summed E-state index contributed by atoms with van der Waals surface area (Å²) in [5.41, 5.74) is 0.957. The van der Waals surface area contributed by atoms with Crippen molar-refractivity contribution in [1.82, 2.24) is 0 Å². The van der Waals surface area contributed by atoms with Crippen LogP contribution in [0, 0.1) is 5.92 Å². The van der Waals surface area contributed by atoms with Crippen LogP contribution in [0.4, 0.5) is 5.69 Å². The molecule has 0 aliphatic carbocycles. The van der Waals surface area contributed by atoms with Crippen molar-refractivity contribution in [2.75, 3.05) is 19.5 Å². The van der Waals surface area contributed by atoms with Gasteiger partial charge in [0.25, 0.3) is 0 Å². The highest BCUT2D eigenvalue weighted by Crippen LogP contribution is 2.35. The zero-order valence-electron chi connectivity index (χ0n) is 12.3. The van der Waals surface area contributed by atoms with Gasteiger partial charge >= 0.3 is 0 Å². The minimum absolute atomic E-state index is 0.260. The Morgan fingerprint density at radius 2 is 1.90 bits per heavy atom. The zero-order chi connectivity index (χ0) is 14.5. The van der Waals surface area contributed by atoms with Crippen molar-refractivity contribution in [1.29, 1.82) is 0 Å². The van der Waals surface area contributed by atoms with Gasteiger partial charge in [-0.1, -0.05) is 19.9 Å². The second-order valence-electron chi connectivity index (χ2n) is 4.95. The van der Waals surface area contributed by atoms with E-state index in [1.807, 2.05) is 18.2 Å². The molecule has 0 amide bonds. The summed E-state index contributed by atoms with van der Waals surface area (Å²) in [6.07, 6.45) is 0. The van der Waals surface area contributed by atoms with Crippen molar-refractivity contribution in [3.05, 3.63) is 40.6 Å². The number of thiophene rings is 1. The lowest BCUT2D eigenvalue weighted by atomic mass is 10.0. The van der Waals surface area contributed by atoms with Crippen molar-refractivity contribution >= 4 is 17.0 Å². The molecule has 108 valence electrons. The molecule has 1 heterocycles. The molecule has 0 fully saturated rings. The van der Waals surface area contributed by atoms with E-state index in [2.05, 4.69) is 36.7 Å². The van der Waals surface area contributed by atoms with Crippen LogP contribution in [0.3, 0.4) is 0 Å². The van der Waals surface area contributed by atoms with Gasteiger partial charge in [0.05, 0.1) is 25.9 Å². The molecule has 20 heavy (non-hydrogen) atoms. The highest BCUT2D eigenvalue weighted by Gasteiger charge is 2.18. The summed E-state index contributed by atoms with van der Waals surface area (Å²) in [4.78, 5) is 1.32. The van der Waals surface area contributed by atoms with E-state index in [1.54, 1.807) is 25.6 Å². The number of rotatable bonds is 6. The number of benzene rings is 1. The summed E-state index contributed by atoms with van der Waals surface area (Å²) in [5.74, 6) is 2.12. The average Bonchev–Trinajstić information content (AvgIpc) is 2.97. The molecule has 0 saturated carbocycles. The van der Waals surface area contributed by atoms with Gasteiger partial charge in [0.1, 0.15) is 11.5 Å². The molecule has 4 heteroatoms. The van der Waals surface area contributed by atoms with Gasteiger partial charge in [0.15, 0.2) is 0 Å². The first-order valence-electron chi connectivity index (χ1n) is 6.67. The molecule has 1 unspecified atom stereocenters. The number of hydrogen-bond acceptors (Lipinski definition) is 4. The van der Waals surface area contributed by atoms with Crippen molar-refractivity contribution in [3.8, 4) is 11.5 Å². The summed E-state index contributed by atoms with van der Waals surface area (Å²) in [6, 6.07) is 10.3. The topological polar surface area (TPSA) is 30.5 Å². The minimum atomic E-state index is 0.260. The fraction of sp³-hybridized carbons (Fsp3) is 0.375. The van der Waals surface area contributed by atoms with Crippen LogP contribution < -0.4 is 14.8 Å². The lowest BCUT2D eigenvalue weighted by Crippen LogP contribution is -2.16. The van der Waals surface area contributed by atoms with Crippen LogP contribution in [0.5, 0.6) is 11.5 Å². The molecular formula is C16H21NO2S. The van der Waals surface area contributed by atoms with Crippen LogP contribution in [0.2, 0.25) is 0 Å². The van der Waals surface area contributed by atoms with Gasteiger partial charge in [-0.2, -0.15) is 0 Å². The van der Waals surface area contributed by atoms with E-state index < -0.39 is 0 Å². The fourth-order valence-electron chi connectivity index (χ4n) is 2.13. The molecule has 0 bridgehead atoms. The predicted octanol–water partition coefficient (Wildman–Crippen LogP) is 4.57. The molecule has 0 aliphatic heterocycles. The molecule has 0 spiro atoms. The summed E-state index contributed by atoms with van der Waals surface area (Å²) >= 11 is 1.77. The first-order valence-corrected chi connectivity index (χ1v) is 7.55. The van der Waals surface area contributed by atoms with E-state index in [4.69, 9.17) is 9.47 Å². The highest BCUT2D eigenvalue weighted by molar-refractivity contribution is 7.10. The van der Waals surface area contributed by atoms with E-state index in [0.29, 0.717) is 5.92 Å². The van der Waals surface area contributed by atoms with Gasteiger partial charge in [-0.15, -0.1) is 11.3 Å². The first kappa shape index (κ1) is 14.7. The summed E-state index contributed by atoms with van der Waals surface area (Å²) in [7, 11) is 3.35. The SMILES string of the molecule is COc1ccc(OC)c(NC(c2cccs2)C(C)C)c1. The lowest BCUT2D eigenvalue weighted by Gasteiger charge is -2.24. The molecule has 2 aromatic rings. The van der Waals surface area contributed by atoms with Crippen LogP contribution in [-0.4, -0.2) is 14.2 Å². The molecule has 0 radical (unpaired) electrons. The number of nitrogens with one attached hydrogen (secondary N) is 1. The Kier molecular flexibility index (Phi) is 4.90. The van der Waals surface area contributed by atoms with E-state index in [1.165, 1.54) is 4.88 Å². The fourth-order valence-corrected chi connectivity index (χ4v) is 3.08. The number of hydrogen-bond donors (Lipinski definition) is 1. The maximum Gasteiger partial charge on any atom is 0.142 e. The normalized spacial score (nSPS) is 12.2. The Labute approximate surface area is 124 Å². The molecule has 1 atom stereocenters. The smallest absolute Gasteiger partial charge is 0.142 e. The Morgan fingerprint density at radius 3 is 2.45 bits per heavy atom. The zero-order valence-corrected chi connectivity index (χ0v) is 13.2. The third kappa shape index (κ3) is 3.25. The van der Waals surface area contributed by atoms with Crippen LogP contribution in [-0.2, 0) is 0 Å². The average molecular weight is 291 g/mol. The highest BCUT2D eigenvalue weighted by atomic mass is 32.1. The quantitative estimate of drug-likeness (QED) is 0.845. The molecule has 0 saturated heterocycles.